The Morgan fingerprint density at radius 3 is 3.06 bits per heavy atom. The van der Waals surface area contributed by atoms with E-state index in [0.717, 1.165) is 51.3 Å². The molecule has 4 nitrogen and oxygen atoms in total. The largest absolute Gasteiger partial charge is 0.381 e. The SMILES string of the molecule is CCCc1nc(C2CCCOC2)ncc1CNC. The fourth-order valence-corrected chi connectivity index (χ4v) is 2.39. The van der Waals surface area contributed by atoms with E-state index >= 15 is 0 Å². The van der Waals surface area contributed by atoms with Crippen molar-refractivity contribution >= 4 is 0 Å². The predicted molar refractivity (Wildman–Crippen MR) is 71.6 cm³/mol. The molecular formula is C14H23N3O. The van der Waals surface area contributed by atoms with Gasteiger partial charge in [-0.25, -0.2) is 9.97 Å². The molecule has 0 aliphatic carbocycles. The molecule has 1 N–H and O–H groups in total. The van der Waals surface area contributed by atoms with Crippen molar-refractivity contribution in [2.24, 2.45) is 0 Å². The van der Waals surface area contributed by atoms with Gasteiger partial charge in [-0.15, -0.1) is 0 Å². The van der Waals surface area contributed by atoms with Crippen LogP contribution in [0.4, 0.5) is 0 Å². The lowest BCUT2D eigenvalue weighted by atomic mass is 10.0. The van der Waals surface area contributed by atoms with E-state index in [4.69, 9.17) is 9.72 Å². The Hall–Kier alpha value is -1.00. The maximum Gasteiger partial charge on any atom is 0.133 e. The summed E-state index contributed by atoms with van der Waals surface area (Å²) < 4.78 is 5.52. The van der Waals surface area contributed by atoms with Gasteiger partial charge >= 0.3 is 0 Å². The van der Waals surface area contributed by atoms with Crippen LogP contribution in [0.2, 0.25) is 0 Å². The molecule has 1 atom stereocenters. The van der Waals surface area contributed by atoms with Gasteiger partial charge in [-0.2, -0.15) is 0 Å². The number of hydrogen-bond donors (Lipinski definition) is 1. The molecule has 0 aromatic carbocycles. The van der Waals surface area contributed by atoms with Crippen LogP contribution < -0.4 is 5.32 Å². The smallest absolute Gasteiger partial charge is 0.133 e. The summed E-state index contributed by atoms with van der Waals surface area (Å²) in [4.78, 5) is 9.31. The molecule has 1 aliphatic heterocycles. The van der Waals surface area contributed by atoms with Crippen molar-refractivity contribution in [2.75, 3.05) is 20.3 Å². The summed E-state index contributed by atoms with van der Waals surface area (Å²) in [5.41, 5.74) is 2.42. The summed E-state index contributed by atoms with van der Waals surface area (Å²) in [6, 6.07) is 0. The average molecular weight is 249 g/mol. The molecular weight excluding hydrogens is 226 g/mol. The third-order valence-corrected chi connectivity index (χ3v) is 3.35. The summed E-state index contributed by atoms with van der Waals surface area (Å²) in [5.74, 6) is 1.36. The van der Waals surface area contributed by atoms with Crippen LogP contribution in [0, 0.1) is 0 Å². The van der Waals surface area contributed by atoms with Crippen molar-refractivity contribution in [1.29, 1.82) is 0 Å². The van der Waals surface area contributed by atoms with Crippen molar-refractivity contribution < 1.29 is 4.74 Å². The van der Waals surface area contributed by atoms with Gasteiger partial charge in [0.05, 0.1) is 6.61 Å². The highest BCUT2D eigenvalue weighted by atomic mass is 16.5. The zero-order valence-electron chi connectivity index (χ0n) is 11.4. The van der Waals surface area contributed by atoms with Crippen molar-refractivity contribution in [3.63, 3.8) is 0 Å². The van der Waals surface area contributed by atoms with Crippen LogP contribution in [-0.2, 0) is 17.7 Å². The molecule has 0 spiro atoms. The number of hydrogen-bond acceptors (Lipinski definition) is 4. The van der Waals surface area contributed by atoms with Gasteiger partial charge in [0.1, 0.15) is 5.82 Å². The summed E-state index contributed by atoms with van der Waals surface area (Å²) in [7, 11) is 1.96. The molecule has 2 rings (SSSR count). The third kappa shape index (κ3) is 3.27. The molecule has 1 saturated heterocycles. The van der Waals surface area contributed by atoms with Gasteiger partial charge in [-0.3, -0.25) is 0 Å². The normalized spacial score (nSPS) is 20.0. The topological polar surface area (TPSA) is 47.0 Å². The minimum atomic E-state index is 0.387. The second kappa shape index (κ2) is 6.81. The highest BCUT2D eigenvalue weighted by molar-refractivity contribution is 5.19. The molecule has 0 saturated carbocycles. The first-order valence-corrected chi connectivity index (χ1v) is 6.92. The van der Waals surface area contributed by atoms with Crippen molar-refractivity contribution in [1.82, 2.24) is 15.3 Å². The first-order valence-electron chi connectivity index (χ1n) is 6.92. The zero-order valence-corrected chi connectivity index (χ0v) is 11.4. The predicted octanol–water partition coefficient (Wildman–Crippen LogP) is 2.04. The highest BCUT2D eigenvalue weighted by Crippen LogP contribution is 2.23. The molecule has 1 aromatic heterocycles. The fourth-order valence-electron chi connectivity index (χ4n) is 2.39. The van der Waals surface area contributed by atoms with Gasteiger partial charge in [-0.05, 0) is 26.3 Å². The molecule has 1 aromatic rings. The summed E-state index contributed by atoms with van der Waals surface area (Å²) >= 11 is 0. The molecule has 0 bridgehead atoms. The number of ether oxygens (including phenoxy) is 1. The minimum absolute atomic E-state index is 0.387. The van der Waals surface area contributed by atoms with Crippen LogP contribution in [0.5, 0.6) is 0 Å². The standard InChI is InChI=1S/C14H23N3O/c1-3-5-13-12(8-15-2)9-16-14(17-13)11-6-4-7-18-10-11/h9,11,15H,3-8,10H2,1-2H3. The fraction of sp³-hybridized carbons (Fsp3) is 0.714. The lowest BCUT2D eigenvalue weighted by Crippen LogP contribution is -2.19. The van der Waals surface area contributed by atoms with Gasteiger partial charge in [0.2, 0.25) is 0 Å². The molecule has 4 heteroatoms. The van der Waals surface area contributed by atoms with Crippen molar-refractivity contribution in [3.05, 3.63) is 23.3 Å². The Morgan fingerprint density at radius 2 is 2.39 bits per heavy atom. The highest BCUT2D eigenvalue weighted by Gasteiger charge is 2.19. The first-order chi connectivity index (χ1) is 8.85. The van der Waals surface area contributed by atoms with Crippen molar-refractivity contribution in [2.45, 2.75) is 45.1 Å². The Morgan fingerprint density at radius 1 is 1.50 bits per heavy atom. The second-order valence-electron chi connectivity index (χ2n) is 4.89. The maximum absolute atomic E-state index is 5.52. The molecule has 2 heterocycles. The zero-order chi connectivity index (χ0) is 12.8. The molecule has 100 valence electrons. The van der Waals surface area contributed by atoms with Crippen LogP contribution in [0.25, 0.3) is 0 Å². The van der Waals surface area contributed by atoms with E-state index in [-0.39, 0.29) is 0 Å². The number of nitrogens with zero attached hydrogens (tertiary/aromatic N) is 2. The van der Waals surface area contributed by atoms with Crippen LogP contribution in [0.15, 0.2) is 6.20 Å². The minimum Gasteiger partial charge on any atom is -0.381 e. The van der Waals surface area contributed by atoms with Gasteiger partial charge in [0.25, 0.3) is 0 Å². The average Bonchev–Trinajstić information content (AvgIpc) is 2.42. The first kappa shape index (κ1) is 13.4. The van der Waals surface area contributed by atoms with Gasteiger partial charge < -0.3 is 10.1 Å². The number of rotatable bonds is 5. The summed E-state index contributed by atoms with van der Waals surface area (Å²) in [5, 5.41) is 3.18. The quantitative estimate of drug-likeness (QED) is 0.867. The van der Waals surface area contributed by atoms with E-state index in [1.165, 1.54) is 11.3 Å². The van der Waals surface area contributed by atoms with Crippen LogP contribution >= 0.6 is 0 Å². The number of nitrogens with one attached hydrogen (secondary N) is 1. The molecule has 1 unspecified atom stereocenters. The summed E-state index contributed by atoms with van der Waals surface area (Å²) in [6.07, 6.45) is 6.40. The van der Waals surface area contributed by atoms with E-state index in [1.807, 2.05) is 13.2 Å². The molecule has 0 amide bonds. The Labute approximate surface area is 109 Å². The van der Waals surface area contributed by atoms with E-state index in [0.29, 0.717) is 5.92 Å². The lowest BCUT2D eigenvalue weighted by Gasteiger charge is -2.21. The number of aromatic nitrogens is 2. The Kier molecular flexibility index (Phi) is 5.08. The van der Waals surface area contributed by atoms with Gasteiger partial charge in [0.15, 0.2) is 0 Å². The van der Waals surface area contributed by atoms with Crippen LogP contribution in [0.1, 0.15) is 49.2 Å². The monoisotopic (exact) mass is 249 g/mol. The van der Waals surface area contributed by atoms with E-state index in [9.17, 15) is 0 Å². The van der Waals surface area contributed by atoms with E-state index < -0.39 is 0 Å². The van der Waals surface area contributed by atoms with E-state index in [2.05, 4.69) is 17.2 Å². The van der Waals surface area contributed by atoms with Gasteiger partial charge in [-0.1, -0.05) is 13.3 Å². The van der Waals surface area contributed by atoms with Gasteiger partial charge in [0, 0.05) is 36.5 Å². The molecule has 1 aliphatic rings. The Balaban J connectivity index is 2.18. The molecule has 1 fully saturated rings. The second-order valence-corrected chi connectivity index (χ2v) is 4.89. The van der Waals surface area contributed by atoms with Crippen molar-refractivity contribution in [3.8, 4) is 0 Å². The lowest BCUT2D eigenvalue weighted by molar-refractivity contribution is 0.0779. The van der Waals surface area contributed by atoms with Crippen LogP contribution in [0.3, 0.4) is 0 Å². The Bertz CT molecular complexity index is 375. The molecule has 0 radical (unpaired) electrons. The van der Waals surface area contributed by atoms with Crippen LogP contribution in [-0.4, -0.2) is 30.2 Å². The van der Waals surface area contributed by atoms with E-state index in [1.54, 1.807) is 0 Å². The third-order valence-electron chi connectivity index (χ3n) is 3.35. The molecule has 18 heavy (non-hydrogen) atoms. The summed E-state index contributed by atoms with van der Waals surface area (Å²) in [6.45, 7) is 4.69. The number of aryl methyl sites for hydroxylation is 1. The maximum atomic E-state index is 5.52.